The molecule has 0 amide bonds. The zero-order chi connectivity index (χ0) is 46.5. The molecule has 0 radical (unpaired) electrons. The molecule has 0 fully saturated rings. The first-order valence-corrected chi connectivity index (χ1v) is 28.4. The largest absolute Gasteiger partial charge is 0.462 e. The van der Waals surface area contributed by atoms with Crippen LogP contribution < -0.4 is 0 Å². The van der Waals surface area contributed by atoms with Gasteiger partial charge in [0.15, 0.2) is 6.10 Å². The van der Waals surface area contributed by atoms with Crippen LogP contribution in [0.1, 0.15) is 310 Å². The number of unbranched alkanes of at least 4 members (excludes halogenated alkanes) is 38. The van der Waals surface area contributed by atoms with E-state index in [-0.39, 0.29) is 31.1 Å². The maximum Gasteiger partial charge on any atom is 0.306 e. The molecule has 0 aromatic carbocycles. The summed E-state index contributed by atoms with van der Waals surface area (Å²) in [5.74, 6) is -0.862. The molecule has 6 nitrogen and oxygen atoms in total. The Bertz CT molecular complexity index is 1040. The number of hydrogen-bond acceptors (Lipinski definition) is 6. The van der Waals surface area contributed by atoms with E-state index in [0.717, 1.165) is 64.2 Å². The highest BCUT2D eigenvalue weighted by molar-refractivity contribution is 5.71. The Hall–Kier alpha value is -2.11. The zero-order valence-corrected chi connectivity index (χ0v) is 43.1. The molecule has 0 heterocycles. The van der Waals surface area contributed by atoms with Crippen LogP contribution >= 0.6 is 0 Å². The monoisotopic (exact) mass is 901 g/mol. The number of esters is 3. The Morgan fingerprint density at radius 2 is 0.547 bits per heavy atom. The van der Waals surface area contributed by atoms with Crippen molar-refractivity contribution in [3.05, 3.63) is 24.3 Å². The first-order valence-electron chi connectivity index (χ1n) is 28.4. The summed E-state index contributed by atoms with van der Waals surface area (Å²) < 4.78 is 16.9. The lowest BCUT2D eigenvalue weighted by molar-refractivity contribution is -0.167. The lowest BCUT2D eigenvalue weighted by Crippen LogP contribution is -2.30. The Morgan fingerprint density at radius 1 is 0.312 bits per heavy atom. The van der Waals surface area contributed by atoms with Gasteiger partial charge in [-0.3, -0.25) is 14.4 Å². The highest BCUT2D eigenvalue weighted by atomic mass is 16.6. The molecular weight excluding hydrogens is 793 g/mol. The number of ether oxygens (including phenoxy) is 3. The van der Waals surface area contributed by atoms with E-state index in [1.54, 1.807) is 0 Å². The summed E-state index contributed by atoms with van der Waals surface area (Å²) >= 11 is 0. The van der Waals surface area contributed by atoms with Crippen LogP contribution in [0.15, 0.2) is 24.3 Å². The standard InChI is InChI=1S/C58H108O6/c1-4-7-10-13-16-19-22-25-28-29-31-33-36-39-42-45-48-51-57(60)63-54-55(53-62-56(59)50-47-44-41-38-35-32-27-24-21-18-15-12-9-6-3)64-58(61)52-49-46-43-40-37-34-30-26-23-20-17-14-11-8-5-2/h17,20,23,26,55H,4-16,18-19,21-22,24-25,27-54H2,1-3H3/b20-17-,26-23-. The SMILES string of the molecule is CCCCC/C=C\C=C/CCCCCCCCC(=O)OC(COC(=O)CCCCCCCCCCCCCCCC)COC(=O)CCCCCCCCCCCCCCCCCCC. The van der Waals surface area contributed by atoms with E-state index in [0.29, 0.717) is 19.3 Å². The minimum Gasteiger partial charge on any atom is -0.462 e. The highest BCUT2D eigenvalue weighted by Crippen LogP contribution is 2.17. The molecule has 0 saturated carbocycles. The first kappa shape index (κ1) is 61.9. The van der Waals surface area contributed by atoms with E-state index < -0.39 is 6.10 Å². The normalized spacial score (nSPS) is 12.1. The second kappa shape index (κ2) is 53.5. The molecule has 376 valence electrons. The molecule has 0 N–H and O–H groups in total. The smallest absolute Gasteiger partial charge is 0.306 e. The fraction of sp³-hybridized carbons (Fsp3) is 0.879. The highest BCUT2D eigenvalue weighted by Gasteiger charge is 2.19. The van der Waals surface area contributed by atoms with E-state index in [1.165, 1.54) is 205 Å². The van der Waals surface area contributed by atoms with E-state index in [1.807, 2.05) is 0 Å². The molecule has 6 heteroatoms. The van der Waals surface area contributed by atoms with Gasteiger partial charge < -0.3 is 14.2 Å². The van der Waals surface area contributed by atoms with Gasteiger partial charge in [-0.1, -0.05) is 270 Å². The van der Waals surface area contributed by atoms with E-state index >= 15 is 0 Å². The lowest BCUT2D eigenvalue weighted by atomic mass is 10.0. The third-order valence-corrected chi connectivity index (χ3v) is 12.7. The quantitative estimate of drug-likeness (QED) is 0.0262. The topological polar surface area (TPSA) is 78.9 Å². The molecule has 1 unspecified atom stereocenters. The van der Waals surface area contributed by atoms with Crippen LogP contribution in [0.2, 0.25) is 0 Å². The predicted molar refractivity (Wildman–Crippen MR) is 275 cm³/mol. The van der Waals surface area contributed by atoms with Gasteiger partial charge in [0.2, 0.25) is 0 Å². The molecule has 0 bridgehead atoms. The van der Waals surface area contributed by atoms with Crippen molar-refractivity contribution in [3.8, 4) is 0 Å². The van der Waals surface area contributed by atoms with Crippen LogP contribution in [-0.4, -0.2) is 37.2 Å². The van der Waals surface area contributed by atoms with Crippen LogP contribution in [0, 0.1) is 0 Å². The molecular formula is C58H108O6. The van der Waals surface area contributed by atoms with Gasteiger partial charge in [0.25, 0.3) is 0 Å². The predicted octanol–water partition coefficient (Wildman–Crippen LogP) is 18.7. The summed E-state index contributed by atoms with van der Waals surface area (Å²) in [6, 6.07) is 0. The summed E-state index contributed by atoms with van der Waals surface area (Å²) in [6.07, 6.45) is 61.6. The number of hydrogen-bond donors (Lipinski definition) is 0. The van der Waals surface area contributed by atoms with Crippen molar-refractivity contribution in [3.63, 3.8) is 0 Å². The molecule has 0 aromatic rings. The zero-order valence-electron chi connectivity index (χ0n) is 43.1. The van der Waals surface area contributed by atoms with Crippen LogP contribution in [0.25, 0.3) is 0 Å². The van der Waals surface area contributed by atoms with Gasteiger partial charge in [0.1, 0.15) is 13.2 Å². The minimum absolute atomic E-state index is 0.0707. The molecule has 0 saturated heterocycles. The second-order valence-electron chi connectivity index (χ2n) is 19.2. The average Bonchev–Trinajstić information content (AvgIpc) is 3.29. The molecule has 0 aliphatic rings. The summed E-state index contributed by atoms with van der Waals surface area (Å²) in [4.78, 5) is 38.1. The van der Waals surface area contributed by atoms with Gasteiger partial charge in [0.05, 0.1) is 0 Å². The van der Waals surface area contributed by atoms with Crippen molar-refractivity contribution in [2.45, 2.75) is 316 Å². The third-order valence-electron chi connectivity index (χ3n) is 12.7. The number of allylic oxidation sites excluding steroid dienone is 4. The van der Waals surface area contributed by atoms with Crippen LogP contribution in [0.5, 0.6) is 0 Å². The van der Waals surface area contributed by atoms with Crippen LogP contribution in [0.4, 0.5) is 0 Å². The van der Waals surface area contributed by atoms with Crippen molar-refractivity contribution >= 4 is 17.9 Å². The first-order chi connectivity index (χ1) is 31.5. The van der Waals surface area contributed by atoms with Crippen molar-refractivity contribution in [2.24, 2.45) is 0 Å². The molecule has 0 aliphatic carbocycles. The maximum atomic E-state index is 12.8. The Morgan fingerprint density at radius 3 is 0.859 bits per heavy atom. The van der Waals surface area contributed by atoms with E-state index in [4.69, 9.17) is 14.2 Å². The second-order valence-corrected chi connectivity index (χ2v) is 19.2. The van der Waals surface area contributed by atoms with Gasteiger partial charge in [-0.15, -0.1) is 0 Å². The Kier molecular flexibility index (Phi) is 51.7. The van der Waals surface area contributed by atoms with Gasteiger partial charge in [-0.2, -0.15) is 0 Å². The van der Waals surface area contributed by atoms with Crippen molar-refractivity contribution in [1.82, 2.24) is 0 Å². The van der Waals surface area contributed by atoms with Crippen molar-refractivity contribution in [2.75, 3.05) is 13.2 Å². The van der Waals surface area contributed by atoms with Gasteiger partial charge in [-0.05, 0) is 44.9 Å². The van der Waals surface area contributed by atoms with Gasteiger partial charge >= 0.3 is 17.9 Å². The molecule has 0 rings (SSSR count). The van der Waals surface area contributed by atoms with Crippen molar-refractivity contribution in [1.29, 1.82) is 0 Å². The summed E-state index contributed by atoms with van der Waals surface area (Å²) in [7, 11) is 0. The Labute approximate surface area is 398 Å². The fourth-order valence-electron chi connectivity index (χ4n) is 8.44. The lowest BCUT2D eigenvalue weighted by Gasteiger charge is -2.18. The van der Waals surface area contributed by atoms with Crippen molar-refractivity contribution < 1.29 is 28.6 Å². The average molecular weight is 901 g/mol. The molecule has 1 atom stereocenters. The van der Waals surface area contributed by atoms with E-state index in [9.17, 15) is 14.4 Å². The Balaban J connectivity index is 4.33. The number of rotatable bonds is 52. The van der Waals surface area contributed by atoms with Gasteiger partial charge in [-0.25, -0.2) is 0 Å². The minimum atomic E-state index is -0.772. The fourth-order valence-corrected chi connectivity index (χ4v) is 8.44. The molecule has 0 aliphatic heterocycles. The summed E-state index contributed by atoms with van der Waals surface area (Å²) in [6.45, 7) is 6.65. The summed E-state index contributed by atoms with van der Waals surface area (Å²) in [5, 5.41) is 0. The molecule has 0 aromatic heterocycles. The summed E-state index contributed by atoms with van der Waals surface area (Å²) in [5.41, 5.74) is 0. The third kappa shape index (κ3) is 50.9. The van der Waals surface area contributed by atoms with Gasteiger partial charge in [0, 0.05) is 19.3 Å². The number of carbonyl (C=O) groups excluding carboxylic acids is 3. The van der Waals surface area contributed by atoms with E-state index in [2.05, 4.69) is 45.1 Å². The van der Waals surface area contributed by atoms with Crippen LogP contribution in [-0.2, 0) is 28.6 Å². The molecule has 64 heavy (non-hydrogen) atoms. The maximum absolute atomic E-state index is 12.8. The van der Waals surface area contributed by atoms with Crippen LogP contribution in [0.3, 0.4) is 0 Å². The number of carbonyl (C=O) groups is 3. The molecule has 0 spiro atoms.